The SMILES string of the molecule is COc1cc(/C=N/Nc2nncc(=O)[nH]2)ccc1OCc1cccc(C)c1. The molecule has 27 heavy (non-hydrogen) atoms. The summed E-state index contributed by atoms with van der Waals surface area (Å²) in [5.41, 5.74) is 5.30. The van der Waals surface area contributed by atoms with Crippen LogP contribution in [-0.4, -0.2) is 28.5 Å². The number of hydrogen-bond donors (Lipinski definition) is 2. The van der Waals surface area contributed by atoms with E-state index in [-0.39, 0.29) is 11.5 Å². The summed E-state index contributed by atoms with van der Waals surface area (Å²) < 4.78 is 11.3. The highest BCUT2D eigenvalue weighted by atomic mass is 16.5. The van der Waals surface area contributed by atoms with Gasteiger partial charge in [-0.05, 0) is 36.2 Å². The lowest BCUT2D eigenvalue weighted by molar-refractivity contribution is 0.284. The third kappa shape index (κ3) is 5.15. The van der Waals surface area contributed by atoms with Crippen molar-refractivity contribution in [2.45, 2.75) is 13.5 Å². The average molecular weight is 365 g/mol. The topological polar surface area (TPSA) is 101 Å². The number of hydrazone groups is 1. The maximum absolute atomic E-state index is 11.1. The van der Waals surface area contributed by atoms with Crippen LogP contribution in [-0.2, 0) is 6.61 Å². The van der Waals surface area contributed by atoms with Crippen LogP contribution in [0.4, 0.5) is 5.95 Å². The van der Waals surface area contributed by atoms with Crippen molar-refractivity contribution in [3.05, 3.63) is 75.7 Å². The summed E-state index contributed by atoms with van der Waals surface area (Å²) in [6.07, 6.45) is 2.65. The van der Waals surface area contributed by atoms with Crippen molar-refractivity contribution < 1.29 is 9.47 Å². The number of nitrogens with zero attached hydrogens (tertiary/aromatic N) is 3. The van der Waals surface area contributed by atoms with Crippen LogP contribution in [0.15, 0.2) is 58.6 Å². The molecule has 0 amide bonds. The fourth-order valence-electron chi connectivity index (χ4n) is 2.38. The largest absolute Gasteiger partial charge is 0.493 e. The number of ether oxygens (including phenoxy) is 2. The highest BCUT2D eigenvalue weighted by molar-refractivity contribution is 5.81. The zero-order valence-corrected chi connectivity index (χ0v) is 15.0. The van der Waals surface area contributed by atoms with Gasteiger partial charge < -0.3 is 9.47 Å². The van der Waals surface area contributed by atoms with Crippen LogP contribution < -0.4 is 20.5 Å². The molecule has 0 unspecified atom stereocenters. The Hall–Kier alpha value is -3.68. The van der Waals surface area contributed by atoms with E-state index >= 15 is 0 Å². The smallest absolute Gasteiger partial charge is 0.271 e. The predicted molar refractivity (Wildman–Crippen MR) is 102 cm³/mol. The Morgan fingerprint density at radius 1 is 1.22 bits per heavy atom. The maximum atomic E-state index is 11.1. The Morgan fingerprint density at radius 2 is 2.11 bits per heavy atom. The van der Waals surface area contributed by atoms with Gasteiger partial charge in [0.05, 0.1) is 13.3 Å². The van der Waals surface area contributed by atoms with E-state index in [1.54, 1.807) is 19.4 Å². The van der Waals surface area contributed by atoms with Crippen LogP contribution in [0.3, 0.4) is 0 Å². The fourth-order valence-corrected chi connectivity index (χ4v) is 2.38. The molecule has 0 fully saturated rings. The molecule has 8 heteroatoms. The quantitative estimate of drug-likeness (QED) is 0.493. The second-order valence-corrected chi connectivity index (χ2v) is 5.74. The number of anilines is 1. The minimum Gasteiger partial charge on any atom is -0.493 e. The first-order valence-electron chi connectivity index (χ1n) is 8.21. The molecule has 3 rings (SSSR count). The minimum absolute atomic E-state index is 0.156. The molecule has 0 aliphatic heterocycles. The number of methoxy groups -OCH3 is 1. The van der Waals surface area contributed by atoms with Gasteiger partial charge >= 0.3 is 0 Å². The van der Waals surface area contributed by atoms with Gasteiger partial charge in [0.15, 0.2) is 11.5 Å². The van der Waals surface area contributed by atoms with Gasteiger partial charge in [-0.15, -0.1) is 10.2 Å². The molecule has 0 aliphatic carbocycles. The zero-order chi connectivity index (χ0) is 19.1. The van der Waals surface area contributed by atoms with Gasteiger partial charge in [0.25, 0.3) is 5.56 Å². The van der Waals surface area contributed by atoms with Crippen molar-refractivity contribution in [1.82, 2.24) is 15.2 Å². The lowest BCUT2D eigenvalue weighted by Gasteiger charge is -2.11. The molecule has 1 heterocycles. The summed E-state index contributed by atoms with van der Waals surface area (Å²) in [7, 11) is 1.58. The maximum Gasteiger partial charge on any atom is 0.271 e. The van der Waals surface area contributed by atoms with E-state index in [2.05, 4.69) is 31.8 Å². The number of nitrogens with one attached hydrogen (secondary N) is 2. The van der Waals surface area contributed by atoms with Gasteiger partial charge in [-0.1, -0.05) is 29.8 Å². The van der Waals surface area contributed by atoms with Crippen LogP contribution in [0.5, 0.6) is 11.5 Å². The van der Waals surface area contributed by atoms with Gasteiger partial charge in [0.1, 0.15) is 12.8 Å². The molecule has 0 radical (unpaired) electrons. The van der Waals surface area contributed by atoms with Crippen molar-refractivity contribution in [1.29, 1.82) is 0 Å². The Labute approximate surface area is 155 Å². The van der Waals surface area contributed by atoms with Crippen molar-refractivity contribution in [2.24, 2.45) is 5.10 Å². The first-order chi connectivity index (χ1) is 13.1. The molecule has 2 aromatic carbocycles. The molecule has 0 aliphatic rings. The summed E-state index contributed by atoms with van der Waals surface area (Å²) in [6.45, 7) is 2.50. The van der Waals surface area contributed by atoms with Crippen LogP contribution in [0.25, 0.3) is 0 Å². The number of rotatable bonds is 7. The molecule has 0 saturated carbocycles. The van der Waals surface area contributed by atoms with Crippen LogP contribution in [0, 0.1) is 6.92 Å². The van der Waals surface area contributed by atoms with Gasteiger partial charge in [0.2, 0.25) is 5.95 Å². The number of aromatic nitrogens is 3. The monoisotopic (exact) mass is 365 g/mol. The minimum atomic E-state index is -0.362. The molecule has 8 nitrogen and oxygen atoms in total. The van der Waals surface area contributed by atoms with Crippen molar-refractivity contribution in [3.63, 3.8) is 0 Å². The fraction of sp³-hybridized carbons (Fsp3) is 0.158. The summed E-state index contributed by atoms with van der Waals surface area (Å²) in [5.74, 6) is 1.39. The third-order valence-electron chi connectivity index (χ3n) is 3.62. The lowest BCUT2D eigenvalue weighted by atomic mass is 10.1. The first-order valence-corrected chi connectivity index (χ1v) is 8.21. The summed E-state index contributed by atoms with van der Waals surface area (Å²) >= 11 is 0. The second-order valence-electron chi connectivity index (χ2n) is 5.74. The molecule has 138 valence electrons. The van der Waals surface area contributed by atoms with E-state index in [9.17, 15) is 4.79 Å². The standard InChI is InChI=1S/C19H19N5O3/c1-13-4-3-5-15(8-13)12-27-16-7-6-14(9-17(16)26-2)10-20-23-19-22-18(25)11-21-24-19/h3-11H,12H2,1-2H3,(H2,22,23,24,25)/b20-10+. The predicted octanol–water partition coefficient (Wildman–Crippen LogP) is 2.51. The van der Waals surface area contributed by atoms with E-state index in [1.807, 2.05) is 37.3 Å². The van der Waals surface area contributed by atoms with Crippen molar-refractivity contribution >= 4 is 12.2 Å². The number of benzene rings is 2. The molecular formula is C19H19N5O3. The van der Waals surface area contributed by atoms with E-state index in [0.717, 1.165) is 17.3 Å². The summed E-state index contributed by atoms with van der Waals surface area (Å²) in [4.78, 5) is 13.6. The zero-order valence-electron chi connectivity index (χ0n) is 15.0. The van der Waals surface area contributed by atoms with Crippen molar-refractivity contribution in [2.75, 3.05) is 12.5 Å². The molecule has 1 aromatic heterocycles. The number of hydrogen-bond acceptors (Lipinski definition) is 7. The van der Waals surface area contributed by atoms with E-state index < -0.39 is 0 Å². The highest BCUT2D eigenvalue weighted by Crippen LogP contribution is 2.28. The number of H-pyrrole nitrogens is 1. The molecular weight excluding hydrogens is 346 g/mol. The number of aryl methyl sites for hydroxylation is 1. The van der Waals surface area contributed by atoms with Gasteiger partial charge in [-0.3, -0.25) is 9.78 Å². The molecule has 3 aromatic rings. The van der Waals surface area contributed by atoms with Gasteiger partial charge in [-0.25, -0.2) is 5.43 Å². The molecule has 2 N–H and O–H groups in total. The van der Waals surface area contributed by atoms with Crippen LogP contribution in [0.1, 0.15) is 16.7 Å². The third-order valence-corrected chi connectivity index (χ3v) is 3.62. The summed E-state index contributed by atoms with van der Waals surface area (Å²) in [5, 5.41) is 11.3. The normalized spacial score (nSPS) is 10.7. The van der Waals surface area contributed by atoms with E-state index in [1.165, 1.54) is 5.56 Å². The number of aromatic amines is 1. The Balaban J connectivity index is 1.66. The van der Waals surface area contributed by atoms with Crippen LogP contribution >= 0.6 is 0 Å². The molecule has 0 saturated heterocycles. The van der Waals surface area contributed by atoms with Gasteiger partial charge in [-0.2, -0.15) is 5.10 Å². The Bertz CT molecular complexity index is 1000. The van der Waals surface area contributed by atoms with E-state index in [0.29, 0.717) is 18.1 Å². The first kappa shape index (κ1) is 18.1. The molecule has 0 atom stereocenters. The molecule has 0 bridgehead atoms. The lowest BCUT2D eigenvalue weighted by Crippen LogP contribution is -2.10. The highest BCUT2D eigenvalue weighted by Gasteiger charge is 2.06. The Kier molecular flexibility index (Phi) is 5.78. The second kappa shape index (κ2) is 8.61. The average Bonchev–Trinajstić information content (AvgIpc) is 2.67. The van der Waals surface area contributed by atoms with Crippen LogP contribution in [0.2, 0.25) is 0 Å². The van der Waals surface area contributed by atoms with Crippen molar-refractivity contribution in [3.8, 4) is 11.5 Å². The van der Waals surface area contributed by atoms with E-state index in [4.69, 9.17) is 9.47 Å². The Morgan fingerprint density at radius 3 is 2.89 bits per heavy atom. The molecule has 0 spiro atoms. The van der Waals surface area contributed by atoms with Gasteiger partial charge in [0, 0.05) is 0 Å². The summed E-state index contributed by atoms with van der Waals surface area (Å²) in [6, 6.07) is 13.6.